The number of anilines is 2. The highest BCUT2D eigenvalue weighted by Gasteiger charge is 2.21. The third kappa shape index (κ3) is 3.84. The van der Waals surface area contributed by atoms with Gasteiger partial charge in [-0.2, -0.15) is 0 Å². The van der Waals surface area contributed by atoms with Crippen LogP contribution in [-0.4, -0.2) is 23.5 Å². The summed E-state index contributed by atoms with van der Waals surface area (Å²) in [6.45, 7) is 7.38. The van der Waals surface area contributed by atoms with Gasteiger partial charge in [0.05, 0.1) is 11.9 Å². The first-order valence-corrected chi connectivity index (χ1v) is 9.20. The summed E-state index contributed by atoms with van der Waals surface area (Å²) in [5.74, 6) is -0.161. The molecular formula is C21H27N3O. The summed E-state index contributed by atoms with van der Waals surface area (Å²) in [5.41, 5.74) is 4.67. The maximum atomic E-state index is 12.5. The number of aryl methyl sites for hydroxylation is 1. The number of rotatable bonds is 4. The SMILES string of the molecule is CCC1CCCCN1c1ccc(C(=O)Nc2cccc(C)c2C)nc1. The molecule has 4 heteroatoms. The Morgan fingerprint density at radius 1 is 1.24 bits per heavy atom. The summed E-state index contributed by atoms with van der Waals surface area (Å²) in [6.07, 6.45) is 6.76. The molecular weight excluding hydrogens is 310 g/mol. The quantitative estimate of drug-likeness (QED) is 0.878. The van der Waals surface area contributed by atoms with Crippen LogP contribution in [0.1, 0.15) is 54.2 Å². The molecule has 1 N–H and O–H groups in total. The van der Waals surface area contributed by atoms with E-state index in [2.05, 4.69) is 22.1 Å². The van der Waals surface area contributed by atoms with Crippen molar-refractivity contribution in [2.75, 3.05) is 16.8 Å². The lowest BCUT2D eigenvalue weighted by Crippen LogP contribution is -2.39. The van der Waals surface area contributed by atoms with Crippen molar-refractivity contribution in [3.63, 3.8) is 0 Å². The molecule has 2 aromatic rings. The van der Waals surface area contributed by atoms with Gasteiger partial charge in [-0.1, -0.05) is 19.1 Å². The highest BCUT2D eigenvalue weighted by molar-refractivity contribution is 6.03. The van der Waals surface area contributed by atoms with Crippen LogP contribution in [0.5, 0.6) is 0 Å². The molecule has 1 unspecified atom stereocenters. The van der Waals surface area contributed by atoms with Gasteiger partial charge in [0.2, 0.25) is 0 Å². The monoisotopic (exact) mass is 337 g/mol. The van der Waals surface area contributed by atoms with Crippen LogP contribution in [0.15, 0.2) is 36.5 Å². The van der Waals surface area contributed by atoms with Gasteiger partial charge in [0.25, 0.3) is 5.91 Å². The lowest BCUT2D eigenvalue weighted by molar-refractivity contribution is 0.102. The molecule has 1 amide bonds. The molecule has 1 aliphatic rings. The third-order valence-electron chi connectivity index (χ3n) is 5.26. The zero-order valence-corrected chi connectivity index (χ0v) is 15.4. The van der Waals surface area contributed by atoms with Crippen molar-refractivity contribution in [3.8, 4) is 0 Å². The molecule has 1 fully saturated rings. The van der Waals surface area contributed by atoms with Gasteiger partial charge in [-0.05, 0) is 68.9 Å². The molecule has 132 valence electrons. The van der Waals surface area contributed by atoms with Crippen LogP contribution < -0.4 is 10.2 Å². The number of hydrogen-bond acceptors (Lipinski definition) is 3. The maximum absolute atomic E-state index is 12.5. The molecule has 1 atom stereocenters. The Hall–Kier alpha value is -2.36. The predicted molar refractivity (Wildman–Crippen MR) is 103 cm³/mol. The molecule has 0 spiro atoms. The number of benzene rings is 1. The fourth-order valence-electron chi connectivity index (χ4n) is 3.53. The molecule has 1 aliphatic heterocycles. The molecule has 0 aliphatic carbocycles. The predicted octanol–water partition coefficient (Wildman–Crippen LogP) is 4.72. The molecule has 2 heterocycles. The van der Waals surface area contributed by atoms with E-state index in [9.17, 15) is 4.79 Å². The fraction of sp³-hybridized carbons (Fsp3) is 0.429. The molecule has 0 radical (unpaired) electrons. The Balaban J connectivity index is 1.73. The van der Waals surface area contributed by atoms with Gasteiger partial charge in [-0.3, -0.25) is 4.79 Å². The van der Waals surface area contributed by atoms with E-state index < -0.39 is 0 Å². The van der Waals surface area contributed by atoms with Crippen molar-refractivity contribution < 1.29 is 4.79 Å². The smallest absolute Gasteiger partial charge is 0.274 e. The van der Waals surface area contributed by atoms with E-state index in [-0.39, 0.29) is 5.91 Å². The Morgan fingerprint density at radius 2 is 2.08 bits per heavy atom. The summed E-state index contributed by atoms with van der Waals surface area (Å²) < 4.78 is 0. The van der Waals surface area contributed by atoms with E-state index in [0.29, 0.717) is 11.7 Å². The van der Waals surface area contributed by atoms with Crippen LogP contribution in [0, 0.1) is 13.8 Å². The number of amides is 1. The lowest BCUT2D eigenvalue weighted by Gasteiger charge is -2.37. The van der Waals surface area contributed by atoms with E-state index in [1.807, 2.05) is 50.4 Å². The minimum Gasteiger partial charge on any atom is -0.367 e. The van der Waals surface area contributed by atoms with E-state index >= 15 is 0 Å². The fourth-order valence-corrected chi connectivity index (χ4v) is 3.53. The topological polar surface area (TPSA) is 45.2 Å². The van der Waals surface area contributed by atoms with Crippen LogP contribution in [0.3, 0.4) is 0 Å². The maximum Gasteiger partial charge on any atom is 0.274 e. The number of nitrogens with zero attached hydrogens (tertiary/aromatic N) is 2. The standard InChI is InChI=1S/C21H27N3O/c1-4-17-9-5-6-13-24(17)18-11-12-20(22-14-18)21(25)23-19-10-7-8-15(2)16(19)3/h7-8,10-12,14,17H,4-6,9,13H2,1-3H3,(H,23,25). The zero-order chi connectivity index (χ0) is 17.8. The van der Waals surface area contributed by atoms with Crippen molar-refractivity contribution in [2.24, 2.45) is 0 Å². The summed E-state index contributed by atoms with van der Waals surface area (Å²) in [7, 11) is 0. The van der Waals surface area contributed by atoms with Gasteiger partial charge in [-0.25, -0.2) is 4.98 Å². The Kier molecular flexibility index (Phi) is 5.37. The van der Waals surface area contributed by atoms with Gasteiger partial charge in [-0.15, -0.1) is 0 Å². The van der Waals surface area contributed by atoms with Crippen LogP contribution >= 0.6 is 0 Å². The Bertz CT molecular complexity index is 739. The van der Waals surface area contributed by atoms with Crippen molar-refractivity contribution >= 4 is 17.3 Å². The van der Waals surface area contributed by atoms with E-state index in [4.69, 9.17) is 0 Å². The number of nitrogens with one attached hydrogen (secondary N) is 1. The average Bonchev–Trinajstić information content (AvgIpc) is 2.65. The molecule has 3 rings (SSSR count). The van der Waals surface area contributed by atoms with Gasteiger partial charge >= 0.3 is 0 Å². The van der Waals surface area contributed by atoms with Crippen LogP contribution in [0.4, 0.5) is 11.4 Å². The summed E-state index contributed by atoms with van der Waals surface area (Å²) in [4.78, 5) is 19.3. The number of pyridine rings is 1. The second-order valence-electron chi connectivity index (χ2n) is 6.85. The van der Waals surface area contributed by atoms with Gasteiger partial charge in [0.15, 0.2) is 0 Å². The molecule has 0 saturated carbocycles. The van der Waals surface area contributed by atoms with Crippen molar-refractivity contribution in [3.05, 3.63) is 53.3 Å². The minimum absolute atomic E-state index is 0.161. The van der Waals surface area contributed by atoms with Crippen LogP contribution in [-0.2, 0) is 0 Å². The Morgan fingerprint density at radius 3 is 2.80 bits per heavy atom. The first-order chi connectivity index (χ1) is 12.1. The van der Waals surface area contributed by atoms with Crippen molar-refractivity contribution in [1.82, 2.24) is 4.98 Å². The molecule has 25 heavy (non-hydrogen) atoms. The van der Waals surface area contributed by atoms with Gasteiger partial charge in [0, 0.05) is 18.3 Å². The number of aromatic nitrogens is 1. The number of carbonyl (C=O) groups excluding carboxylic acids is 1. The molecule has 1 aromatic carbocycles. The first-order valence-electron chi connectivity index (χ1n) is 9.20. The summed E-state index contributed by atoms with van der Waals surface area (Å²) in [5, 5.41) is 2.97. The molecule has 4 nitrogen and oxygen atoms in total. The number of piperidine rings is 1. The highest BCUT2D eigenvalue weighted by atomic mass is 16.1. The van der Waals surface area contributed by atoms with Gasteiger partial charge < -0.3 is 10.2 Å². The van der Waals surface area contributed by atoms with Gasteiger partial charge in [0.1, 0.15) is 5.69 Å². The Labute approximate surface area is 150 Å². The third-order valence-corrected chi connectivity index (χ3v) is 5.26. The second kappa shape index (κ2) is 7.68. The average molecular weight is 337 g/mol. The van der Waals surface area contributed by atoms with Crippen molar-refractivity contribution in [2.45, 2.75) is 52.5 Å². The van der Waals surface area contributed by atoms with E-state index in [1.165, 1.54) is 19.3 Å². The summed E-state index contributed by atoms with van der Waals surface area (Å²) >= 11 is 0. The molecule has 1 saturated heterocycles. The van der Waals surface area contributed by atoms with E-state index in [0.717, 1.165) is 35.5 Å². The molecule has 0 bridgehead atoms. The number of hydrogen-bond donors (Lipinski definition) is 1. The van der Waals surface area contributed by atoms with Crippen molar-refractivity contribution in [1.29, 1.82) is 0 Å². The second-order valence-corrected chi connectivity index (χ2v) is 6.85. The largest absolute Gasteiger partial charge is 0.367 e. The van der Waals surface area contributed by atoms with E-state index in [1.54, 1.807) is 0 Å². The van der Waals surface area contributed by atoms with Crippen LogP contribution in [0.2, 0.25) is 0 Å². The van der Waals surface area contributed by atoms with Crippen LogP contribution in [0.25, 0.3) is 0 Å². The highest BCUT2D eigenvalue weighted by Crippen LogP contribution is 2.26. The molecule has 1 aromatic heterocycles. The summed E-state index contributed by atoms with van der Waals surface area (Å²) in [6, 6.07) is 10.4. The minimum atomic E-state index is -0.161. The normalized spacial score (nSPS) is 17.4. The first kappa shape index (κ1) is 17.5. The number of carbonyl (C=O) groups is 1. The lowest BCUT2D eigenvalue weighted by atomic mass is 9.99. The zero-order valence-electron chi connectivity index (χ0n) is 15.4.